The molecule has 0 unspecified atom stereocenters. The Kier molecular flexibility index (Phi) is 7.22. The van der Waals surface area contributed by atoms with Gasteiger partial charge in [-0.25, -0.2) is 8.42 Å². The zero-order chi connectivity index (χ0) is 20.7. The summed E-state index contributed by atoms with van der Waals surface area (Å²) in [4.78, 5) is 16.2. The van der Waals surface area contributed by atoms with Crippen molar-refractivity contribution in [2.75, 3.05) is 17.9 Å². The number of ether oxygens (including phenoxy) is 1. The van der Waals surface area contributed by atoms with E-state index in [0.717, 1.165) is 6.42 Å². The van der Waals surface area contributed by atoms with Crippen LogP contribution in [0.5, 0.6) is 0 Å². The second-order valence-corrected chi connectivity index (χ2v) is 8.98. The molecule has 1 amide bonds. The molecule has 1 aliphatic rings. The molecule has 29 heavy (non-hydrogen) atoms. The molecule has 0 radical (unpaired) electrons. The van der Waals surface area contributed by atoms with E-state index in [1.165, 1.54) is 55.9 Å². The highest BCUT2D eigenvalue weighted by atomic mass is 32.2. The van der Waals surface area contributed by atoms with Gasteiger partial charge in [0, 0.05) is 24.5 Å². The highest BCUT2D eigenvalue weighted by molar-refractivity contribution is 7.92. The molecule has 0 bridgehead atoms. The van der Waals surface area contributed by atoms with E-state index in [-0.39, 0.29) is 16.9 Å². The molecule has 8 heteroatoms. The fourth-order valence-corrected chi connectivity index (χ4v) is 4.48. The van der Waals surface area contributed by atoms with Crippen LogP contribution in [0.4, 0.5) is 5.69 Å². The highest BCUT2D eigenvalue weighted by Gasteiger charge is 2.21. The number of pyridine rings is 1. The molecule has 1 aromatic heterocycles. The molecule has 2 N–H and O–H groups in total. The Bertz CT molecular complexity index is 901. The molecule has 7 nitrogen and oxygen atoms in total. The van der Waals surface area contributed by atoms with Crippen molar-refractivity contribution in [1.29, 1.82) is 0 Å². The third kappa shape index (κ3) is 6.01. The number of hydrogen-bond acceptors (Lipinski definition) is 5. The Balaban J connectivity index is 1.49. The molecule has 156 valence electrons. The summed E-state index contributed by atoms with van der Waals surface area (Å²) in [5.41, 5.74) is 0.827. The zero-order valence-electron chi connectivity index (χ0n) is 16.5. The molecule has 0 saturated heterocycles. The van der Waals surface area contributed by atoms with Crippen LogP contribution in [0.25, 0.3) is 0 Å². The normalized spacial score (nSPS) is 19.5. The van der Waals surface area contributed by atoms with Crippen molar-refractivity contribution in [3.05, 3.63) is 54.4 Å². The van der Waals surface area contributed by atoms with Gasteiger partial charge in [-0.1, -0.05) is 19.8 Å². The molecule has 1 aromatic carbocycles. The lowest BCUT2D eigenvalue weighted by Gasteiger charge is -2.28. The number of carbonyl (C=O) groups excluding carboxylic acids is 1. The van der Waals surface area contributed by atoms with Crippen LogP contribution in [0.15, 0.2) is 53.7 Å². The third-order valence-electron chi connectivity index (χ3n) is 5.11. The molecule has 2 atom stereocenters. The second kappa shape index (κ2) is 9.84. The lowest BCUT2D eigenvalue weighted by Crippen LogP contribution is -2.31. The number of anilines is 1. The van der Waals surface area contributed by atoms with Crippen LogP contribution < -0.4 is 10.0 Å². The van der Waals surface area contributed by atoms with Crippen LogP contribution in [-0.2, 0) is 14.8 Å². The standard InChI is InChI=1S/C21H27N3O4S/c1-16-4-2-3-5-20(16)28-15-14-23-21(25)17-6-8-19(9-7-17)29(26,27)24-18-10-12-22-13-11-18/h6-13,16,20H,2-5,14-15H2,1H3,(H,22,24)(H,23,25)/t16-,20+/m0/s1. The van der Waals surface area contributed by atoms with Crippen molar-refractivity contribution in [3.8, 4) is 0 Å². The van der Waals surface area contributed by atoms with Crippen LogP contribution in [-0.4, -0.2) is 38.6 Å². The minimum atomic E-state index is -3.72. The first-order valence-corrected chi connectivity index (χ1v) is 11.4. The van der Waals surface area contributed by atoms with Gasteiger partial charge in [0.2, 0.25) is 0 Å². The van der Waals surface area contributed by atoms with E-state index in [9.17, 15) is 13.2 Å². The molecule has 1 fully saturated rings. The molecular formula is C21H27N3O4S. The summed E-state index contributed by atoms with van der Waals surface area (Å²) in [5, 5.41) is 2.82. The van der Waals surface area contributed by atoms with E-state index in [0.29, 0.717) is 30.3 Å². The van der Waals surface area contributed by atoms with E-state index >= 15 is 0 Å². The summed E-state index contributed by atoms with van der Waals surface area (Å²) >= 11 is 0. The fourth-order valence-electron chi connectivity index (χ4n) is 3.43. The molecule has 2 aromatic rings. The SMILES string of the molecule is C[C@H]1CCCC[C@H]1OCCNC(=O)c1ccc(S(=O)(=O)Nc2ccncc2)cc1. The first kappa shape index (κ1) is 21.3. The van der Waals surface area contributed by atoms with Gasteiger partial charge in [0.25, 0.3) is 15.9 Å². The predicted octanol–water partition coefficient (Wildman–Crippen LogP) is 3.21. The summed E-state index contributed by atoms with van der Waals surface area (Å²) in [5.74, 6) is 0.311. The summed E-state index contributed by atoms with van der Waals surface area (Å²) in [6.45, 7) is 3.11. The van der Waals surface area contributed by atoms with Gasteiger partial charge in [-0.15, -0.1) is 0 Å². The molecule has 1 saturated carbocycles. The van der Waals surface area contributed by atoms with E-state index in [1.807, 2.05) is 0 Å². The van der Waals surface area contributed by atoms with Crippen LogP contribution in [0.2, 0.25) is 0 Å². The quantitative estimate of drug-likeness (QED) is 0.643. The van der Waals surface area contributed by atoms with E-state index in [2.05, 4.69) is 21.9 Å². The smallest absolute Gasteiger partial charge is 0.261 e. The van der Waals surface area contributed by atoms with Gasteiger partial charge in [-0.3, -0.25) is 14.5 Å². The number of rotatable bonds is 8. The van der Waals surface area contributed by atoms with Crippen molar-refractivity contribution in [2.45, 2.75) is 43.6 Å². The molecule has 0 spiro atoms. The van der Waals surface area contributed by atoms with Crippen molar-refractivity contribution >= 4 is 21.6 Å². The summed E-state index contributed by atoms with van der Waals surface area (Å²) in [6, 6.07) is 8.96. The van der Waals surface area contributed by atoms with E-state index in [1.54, 1.807) is 12.1 Å². The van der Waals surface area contributed by atoms with Gasteiger partial charge in [0.15, 0.2) is 0 Å². The molecule has 1 heterocycles. The Morgan fingerprint density at radius 2 is 1.79 bits per heavy atom. The first-order chi connectivity index (χ1) is 14.0. The third-order valence-corrected chi connectivity index (χ3v) is 6.51. The fraction of sp³-hybridized carbons (Fsp3) is 0.429. The van der Waals surface area contributed by atoms with Crippen molar-refractivity contribution in [1.82, 2.24) is 10.3 Å². The maximum Gasteiger partial charge on any atom is 0.261 e. The Labute approximate surface area is 171 Å². The number of nitrogens with one attached hydrogen (secondary N) is 2. The Hall–Kier alpha value is -2.45. The predicted molar refractivity (Wildman–Crippen MR) is 111 cm³/mol. The maximum atomic E-state index is 12.4. The zero-order valence-corrected chi connectivity index (χ0v) is 17.3. The number of carbonyl (C=O) groups is 1. The number of amides is 1. The average molecular weight is 418 g/mol. The molecule has 0 aliphatic heterocycles. The summed E-state index contributed by atoms with van der Waals surface area (Å²) in [7, 11) is -3.72. The van der Waals surface area contributed by atoms with Gasteiger partial charge in [-0.05, 0) is 55.2 Å². The number of benzene rings is 1. The van der Waals surface area contributed by atoms with Crippen LogP contribution >= 0.6 is 0 Å². The van der Waals surface area contributed by atoms with E-state index in [4.69, 9.17) is 4.74 Å². The lowest BCUT2D eigenvalue weighted by atomic mass is 9.88. The maximum absolute atomic E-state index is 12.4. The topological polar surface area (TPSA) is 97.4 Å². The Morgan fingerprint density at radius 1 is 1.10 bits per heavy atom. The largest absolute Gasteiger partial charge is 0.376 e. The number of sulfonamides is 1. The van der Waals surface area contributed by atoms with Crippen LogP contribution in [0.1, 0.15) is 43.0 Å². The highest BCUT2D eigenvalue weighted by Crippen LogP contribution is 2.26. The van der Waals surface area contributed by atoms with Gasteiger partial charge in [0.1, 0.15) is 0 Å². The van der Waals surface area contributed by atoms with Gasteiger partial charge < -0.3 is 10.1 Å². The van der Waals surface area contributed by atoms with Crippen molar-refractivity contribution < 1.29 is 17.9 Å². The number of nitrogens with zero attached hydrogens (tertiary/aromatic N) is 1. The van der Waals surface area contributed by atoms with Crippen molar-refractivity contribution in [2.24, 2.45) is 5.92 Å². The minimum Gasteiger partial charge on any atom is -0.376 e. The lowest BCUT2D eigenvalue weighted by molar-refractivity contribution is -0.00293. The minimum absolute atomic E-state index is 0.0838. The van der Waals surface area contributed by atoms with Gasteiger partial charge in [-0.2, -0.15) is 0 Å². The van der Waals surface area contributed by atoms with Crippen molar-refractivity contribution in [3.63, 3.8) is 0 Å². The van der Waals surface area contributed by atoms with E-state index < -0.39 is 10.0 Å². The average Bonchev–Trinajstić information content (AvgIpc) is 2.73. The molecular weight excluding hydrogens is 390 g/mol. The summed E-state index contributed by atoms with van der Waals surface area (Å²) < 4.78 is 33.2. The second-order valence-electron chi connectivity index (χ2n) is 7.29. The monoisotopic (exact) mass is 417 g/mol. The van der Waals surface area contributed by atoms with Gasteiger partial charge >= 0.3 is 0 Å². The Morgan fingerprint density at radius 3 is 2.48 bits per heavy atom. The van der Waals surface area contributed by atoms with Crippen LogP contribution in [0, 0.1) is 5.92 Å². The summed E-state index contributed by atoms with van der Waals surface area (Å²) in [6.07, 6.45) is 8.03. The number of hydrogen-bond donors (Lipinski definition) is 2. The first-order valence-electron chi connectivity index (χ1n) is 9.88. The van der Waals surface area contributed by atoms with Crippen LogP contribution in [0.3, 0.4) is 0 Å². The number of aromatic nitrogens is 1. The molecule has 3 rings (SSSR count). The van der Waals surface area contributed by atoms with Gasteiger partial charge in [0.05, 0.1) is 23.3 Å². The molecule has 1 aliphatic carbocycles.